The molecule has 1 aliphatic carbocycles. The van der Waals surface area contributed by atoms with Gasteiger partial charge in [-0.1, -0.05) is 30.3 Å². The minimum atomic E-state index is -0.755. The van der Waals surface area contributed by atoms with Crippen molar-refractivity contribution in [3.63, 3.8) is 0 Å². The molecule has 1 aromatic carbocycles. The van der Waals surface area contributed by atoms with Crippen molar-refractivity contribution in [1.29, 1.82) is 0 Å². The molecule has 3 aliphatic rings. The number of hydrogen-bond donors (Lipinski definition) is 1. The van der Waals surface area contributed by atoms with E-state index in [9.17, 15) is 14.7 Å². The van der Waals surface area contributed by atoms with Gasteiger partial charge in [-0.15, -0.1) is 0 Å². The van der Waals surface area contributed by atoms with Crippen LogP contribution < -0.4 is 10.5 Å². The Morgan fingerprint density at radius 3 is 2.57 bits per heavy atom. The summed E-state index contributed by atoms with van der Waals surface area (Å²) in [6.07, 6.45) is 6.10. The van der Waals surface area contributed by atoms with Gasteiger partial charge in [0.25, 0.3) is 5.56 Å². The zero-order chi connectivity index (χ0) is 24.0. The van der Waals surface area contributed by atoms with Gasteiger partial charge in [0.2, 0.25) is 11.9 Å². The molecule has 180 valence electrons. The summed E-state index contributed by atoms with van der Waals surface area (Å²) in [6.45, 7) is 2.13. The van der Waals surface area contributed by atoms with Crippen LogP contribution in [0.1, 0.15) is 37.4 Å². The molecule has 4 heterocycles. The number of anilines is 1. The van der Waals surface area contributed by atoms with Crippen LogP contribution in [0.4, 0.5) is 5.95 Å². The molecule has 1 unspecified atom stereocenters. The first-order valence-corrected chi connectivity index (χ1v) is 12.4. The first kappa shape index (κ1) is 22.0. The van der Waals surface area contributed by atoms with Gasteiger partial charge in [-0.05, 0) is 43.4 Å². The highest BCUT2D eigenvalue weighted by atomic mass is 16.3. The number of amides is 1. The van der Waals surface area contributed by atoms with Crippen molar-refractivity contribution in [3.05, 3.63) is 76.8 Å². The molecule has 1 saturated carbocycles. The Morgan fingerprint density at radius 1 is 1.09 bits per heavy atom. The van der Waals surface area contributed by atoms with Crippen molar-refractivity contribution >= 4 is 11.9 Å². The van der Waals surface area contributed by atoms with Crippen molar-refractivity contribution in [2.75, 3.05) is 24.5 Å². The third kappa shape index (κ3) is 4.01. The fourth-order valence-corrected chi connectivity index (χ4v) is 5.53. The third-order valence-electron chi connectivity index (χ3n) is 7.69. The fraction of sp³-hybridized carbons (Fsp3) is 0.407. The van der Waals surface area contributed by atoms with Crippen molar-refractivity contribution < 1.29 is 9.90 Å². The minimum absolute atomic E-state index is 0.111. The molecule has 2 fully saturated rings. The zero-order valence-corrected chi connectivity index (χ0v) is 19.6. The van der Waals surface area contributed by atoms with Crippen LogP contribution in [0.5, 0.6) is 0 Å². The molecule has 2 aromatic heterocycles. The quantitative estimate of drug-likeness (QED) is 0.615. The minimum Gasteiger partial charge on any atom is -0.387 e. The summed E-state index contributed by atoms with van der Waals surface area (Å²) in [6, 6.07) is 14.8. The lowest BCUT2D eigenvalue weighted by Crippen LogP contribution is -2.58. The average molecular weight is 472 g/mol. The van der Waals surface area contributed by atoms with Crippen LogP contribution in [0, 0.1) is 5.92 Å². The summed E-state index contributed by atoms with van der Waals surface area (Å²) in [5.74, 6) is 0.974. The van der Waals surface area contributed by atoms with Gasteiger partial charge in [-0.25, -0.2) is 4.98 Å². The van der Waals surface area contributed by atoms with E-state index < -0.39 is 6.10 Å². The predicted molar refractivity (Wildman–Crippen MR) is 132 cm³/mol. The van der Waals surface area contributed by atoms with Gasteiger partial charge in [-0.3, -0.25) is 19.1 Å². The predicted octanol–water partition coefficient (Wildman–Crippen LogP) is 2.63. The molecular weight excluding hydrogens is 442 g/mol. The maximum Gasteiger partial charge on any atom is 0.255 e. The van der Waals surface area contributed by atoms with Crippen LogP contribution in [0.2, 0.25) is 0 Å². The summed E-state index contributed by atoms with van der Waals surface area (Å²) < 4.78 is 1.71. The highest BCUT2D eigenvalue weighted by Crippen LogP contribution is 2.41. The zero-order valence-electron chi connectivity index (χ0n) is 19.6. The lowest BCUT2D eigenvalue weighted by Gasteiger charge is -2.47. The van der Waals surface area contributed by atoms with Crippen LogP contribution in [-0.2, 0) is 11.3 Å². The van der Waals surface area contributed by atoms with Gasteiger partial charge in [0, 0.05) is 49.6 Å². The van der Waals surface area contributed by atoms with Crippen LogP contribution >= 0.6 is 0 Å². The van der Waals surface area contributed by atoms with Crippen molar-refractivity contribution in [2.24, 2.45) is 5.92 Å². The van der Waals surface area contributed by atoms with E-state index in [2.05, 4.69) is 9.88 Å². The second-order valence-corrected chi connectivity index (χ2v) is 9.96. The van der Waals surface area contributed by atoms with Crippen LogP contribution in [-0.4, -0.2) is 55.6 Å². The summed E-state index contributed by atoms with van der Waals surface area (Å²) in [5.41, 5.74) is 1.75. The number of nitrogens with zero attached hydrogens (tertiary/aromatic N) is 5. The summed E-state index contributed by atoms with van der Waals surface area (Å²) in [7, 11) is 0. The van der Waals surface area contributed by atoms with Gasteiger partial charge in [0.15, 0.2) is 0 Å². The second kappa shape index (κ2) is 8.61. The van der Waals surface area contributed by atoms with Gasteiger partial charge >= 0.3 is 0 Å². The second-order valence-electron chi connectivity index (χ2n) is 9.96. The van der Waals surface area contributed by atoms with Gasteiger partial charge in [-0.2, -0.15) is 0 Å². The number of fused-ring (bicyclic) bond motifs is 1. The van der Waals surface area contributed by atoms with Gasteiger partial charge < -0.3 is 14.9 Å². The Kier molecular flexibility index (Phi) is 5.40. The van der Waals surface area contributed by atoms with E-state index in [0.717, 1.165) is 36.8 Å². The Bertz CT molecular complexity index is 1290. The van der Waals surface area contributed by atoms with E-state index in [-0.39, 0.29) is 22.9 Å². The lowest BCUT2D eigenvalue weighted by atomic mass is 9.89. The Labute approximate surface area is 203 Å². The van der Waals surface area contributed by atoms with Gasteiger partial charge in [0.05, 0.1) is 23.9 Å². The average Bonchev–Trinajstić information content (AvgIpc) is 3.66. The number of β-amino-alcohol motifs (C(OH)–C–C–N with tert-alkyl or cyclic N) is 1. The number of hydrogen-bond acceptors (Lipinski definition) is 6. The number of carbonyl (C=O) groups is 1. The lowest BCUT2D eigenvalue weighted by molar-refractivity contribution is -0.131. The molecule has 2 atom stereocenters. The number of pyridine rings is 1. The number of rotatable bonds is 5. The molecule has 1 saturated heterocycles. The highest BCUT2D eigenvalue weighted by Gasteiger charge is 2.50. The molecule has 1 spiro atoms. The van der Waals surface area contributed by atoms with E-state index in [1.165, 1.54) is 0 Å². The fourth-order valence-electron chi connectivity index (χ4n) is 5.53. The number of likely N-dealkylation sites (tertiary alicyclic amines) is 1. The van der Waals surface area contributed by atoms with Crippen LogP contribution in [0.15, 0.2) is 65.7 Å². The normalized spacial score (nSPS) is 22.3. The van der Waals surface area contributed by atoms with E-state index in [4.69, 9.17) is 4.98 Å². The SMILES string of the molecule is O=C(C1CC1)N1CCC2(CCn3c(nc(-c4ccncc4)cc3=O)N2C[C@@H](O)c2ccccc2)C1. The topological polar surface area (TPSA) is 91.6 Å². The highest BCUT2D eigenvalue weighted by molar-refractivity contribution is 5.81. The molecular formula is C27H29N5O3. The summed E-state index contributed by atoms with van der Waals surface area (Å²) >= 11 is 0. The molecule has 1 amide bonds. The van der Waals surface area contributed by atoms with E-state index >= 15 is 0 Å². The third-order valence-corrected chi connectivity index (χ3v) is 7.69. The maximum atomic E-state index is 13.2. The molecule has 6 rings (SSSR count). The van der Waals surface area contributed by atoms with Crippen LogP contribution in [0.25, 0.3) is 11.3 Å². The number of aromatic nitrogens is 3. The molecule has 2 aliphatic heterocycles. The smallest absolute Gasteiger partial charge is 0.255 e. The first-order valence-electron chi connectivity index (χ1n) is 12.4. The van der Waals surface area contributed by atoms with Crippen molar-refractivity contribution in [3.8, 4) is 11.3 Å². The number of aliphatic hydroxyl groups is 1. The number of benzene rings is 1. The molecule has 3 aromatic rings. The Morgan fingerprint density at radius 2 is 1.83 bits per heavy atom. The first-order chi connectivity index (χ1) is 17.0. The van der Waals surface area contributed by atoms with E-state index in [0.29, 0.717) is 37.8 Å². The largest absolute Gasteiger partial charge is 0.387 e. The van der Waals surface area contributed by atoms with Crippen LogP contribution in [0.3, 0.4) is 0 Å². The number of aliphatic hydroxyl groups excluding tert-OH is 1. The molecule has 35 heavy (non-hydrogen) atoms. The summed E-state index contributed by atoms with van der Waals surface area (Å²) in [4.78, 5) is 39.2. The van der Waals surface area contributed by atoms with Crippen molar-refractivity contribution in [2.45, 2.75) is 43.9 Å². The summed E-state index contributed by atoms with van der Waals surface area (Å²) in [5, 5.41) is 11.2. The molecule has 8 nitrogen and oxygen atoms in total. The Balaban J connectivity index is 1.42. The van der Waals surface area contributed by atoms with Gasteiger partial charge in [0.1, 0.15) is 0 Å². The monoisotopic (exact) mass is 471 g/mol. The van der Waals surface area contributed by atoms with E-state index in [1.807, 2.05) is 47.4 Å². The van der Waals surface area contributed by atoms with E-state index in [1.54, 1.807) is 23.0 Å². The maximum absolute atomic E-state index is 13.2. The molecule has 0 bridgehead atoms. The standard InChI is InChI=1S/C27H29N5O3/c33-23(20-4-2-1-3-5-20)17-32-26-29-22(19-8-12-28-13-9-19)16-24(34)31(26)15-11-27(32)10-14-30(18-27)25(35)21-6-7-21/h1-5,8-9,12-13,16,21,23,33H,6-7,10-11,14-15,17-18H2/t23-,27?/m1/s1. The molecule has 1 N–H and O–H groups in total. The number of carbonyl (C=O) groups excluding carboxylic acids is 1. The van der Waals surface area contributed by atoms with Crippen molar-refractivity contribution in [1.82, 2.24) is 19.4 Å². The molecule has 8 heteroatoms. The molecule has 0 radical (unpaired) electrons. The Hall–Kier alpha value is -3.52.